The van der Waals surface area contributed by atoms with Crippen molar-refractivity contribution in [3.8, 4) is 0 Å². The van der Waals surface area contributed by atoms with Crippen LogP contribution in [0.3, 0.4) is 0 Å². The number of hydrogen-bond donors (Lipinski definition) is 2. The van der Waals surface area contributed by atoms with Crippen molar-refractivity contribution in [1.29, 1.82) is 0 Å². The van der Waals surface area contributed by atoms with Crippen LogP contribution >= 0.6 is 0 Å². The molecular formula is C18H17FN4O2. The lowest BCUT2D eigenvalue weighted by Gasteiger charge is -2.09. The Labute approximate surface area is 143 Å². The molecule has 6 nitrogen and oxygen atoms in total. The Hall–Kier alpha value is -2.80. The average Bonchev–Trinajstić information content (AvgIpc) is 3.29. The average molecular weight is 340 g/mol. The van der Waals surface area contributed by atoms with E-state index in [2.05, 4.69) is 20.3 Å². The lowest BCUT2D eigenvalue weighted by molar-refractivity contribution is 0.0945. The summed E-state index contributed by atoms with van der Waals surface area (Å²) in [5.41, 5.74) is 1.82. The van der Waals surface area contributed by atoms with Gasteiger partial charge in [-0.2, -0.15) is 0 Å². The van der Waals surface area contributed by atoms with Crippen molar-refractivity contribution in [3.63, 3.8) is 0 Å². The SMILES string of the molecule is O=C(NCc1ccnc(C2CCCO2)n1)c1cc2cc(F)ccc2[nH]1. The van der Waals surface area contributed by atoms with Gasteiger partial charge in [0.15, 0.2) is 5.82 Å². The van der Waals surface area contributed by atoms with Gasteiger partial charge in [0, 0.05) is 23.7 Å². The Morgan fingerprint density at radius 3 is 3.12 bits per heavy atom. The number of amides is 1. The summed E-state index contributed by atoms with van der Waals surface area (Å²) in [7, 11) is 0. The van der Waals surface area contributed by atoms with Gasteiger partial charge >= 0.3 is 0 Å². The third-order valence-corrected chi connectivity index (χ3v) is 4.21. The summed E-state index contributed by atoms with van der Waals surface area (Å²) in [5.74, 6) is 0.0559. The Morgan fingerprint density at radius 1 is 1.36 bits per heavy atom. The summed E-state index contributed by atoms with van der Waals surface area (Å²) in [5, 5.41) is 3.47. The smallest absolute Gasteiger partial charge is 0.268 e. The van der Waals surface area contributed by atoms with Crippen molar-refractivity contribution in [1.82, 2.24) is 20.3 Å². The molecule has 7 heteroatoms. The number of carbonyl (C=O) groups excluding carboxylic acids is 1. The summed E-state index contributed by atoms with van der Waals surface area (Å²) in [6.45, 7) is 1.01. The maximum absolute atomic E-state index is 13.2. The Balaban J connectivity index is 1.45. The normalized spacial score (nSPS) is 17.1. The minimum atomic E-state index is -0.332. The number of fused-ring (bicyclic) bond motifs is 1. The van der Waals surface area contributed by atoms with E-state index in [0.717, 1.165) is 25.1 Å². The standard InChI is InChI=1S/C18H17FN4O2/c19-12-3-4-14-11(8-12)9-15(23-14)18(24)21-10-13-5-6-20-17(22-13)16-2-1-7-25-16/h3-6,8-9,16,23H,1-2,7,10H2,(H,21,24). The topological polar surface area (TPSA) is 79.9 Å². The first-order valence-corrected chi connectivity index (χ1v) is 8.19. The van der Waals surface area contributed by atoms with E-state index in [1.807, 2.05) is 0 Å². The van der Waals surface area contributed by atoms with Crippen molar-refractivity contribution in [2.24, 2.45) is 0 Å². The van der Waals surface area contributed by atoms with Crippen LogP contribution in [0.1, 0.15) is 41.0 Å². The van der Waals surface area contributed by atoms with Crippen molar-refractivity contribution < 1.29 is 13.9 Å². The molecule has 0 spiro atoms. The maximum atomic E-state index is 13.2. The molecule has 1 fully saturated rings. The van der Waals surface area contributed by atoms with E-state index >= 15 is 0 Å². The summed E-state index contributed by atoms with van der Waals surface area (Å²) in [6.07, 6.45) is 3.55. The minimum absolute atomic E-state index is 0.0562. The number of nitrogens with one attached hydrogen (secondary N) is 2. The van der Waals surface area contributed by atoms with Crippen LogP contribution in [0.2, 0.25) is 0 Å². The number of aromatic nitrogens is 3. The number of H-pyrrole nitrogens is 1. The molecular weight excluding hydrogens is 323 g/mol. The summed E-state index contributed by atoms with van der Waals surface area (Å²) in [4.78, 5) is 24.0. The summed E-state index contributed by atoms with van der Waals surface area (Å²) < 4.78 is 18.8. The van der Waals surface area contributed by atoms with E-state index in [1.54, 1.807) is 24.4 Å². The molecule has 1 aliphatic heterocycles. The van der Waals surface area contributed by atoms with Gasteiger partial charge in [-0.1, -0.05) is 0 Å². The van der Waals surface area contributed by atoms with Crippen LogP contribution in [0, 0.1) is 5.82 Å². The van der Waals surface area contributed by atoms with Gasteiger partial charge in [-0.05, 0) is 43.2 Å². The Bertz CT molecular complexity index is 918. The monoisotopic (exact) mass is 340 g/mol. The van der Waals surface area contributed by atoms with Crippen LogP contribution in [-0.2, 0) is 11.3 Å². The largest absolute Gasteiger partial charge is 0.370 e. The molecule has 2 N–H and O–H groups in total. The van der Waals surface area contributed by atoms with Gasteiger partial charge in [-0.25, -0.2) is 14.4 Å². The van der Waals surface area contributed by atoms with E-state index in [0.29, 0.717) is 22.4 Å². The molecule has 3 heterocycles. The van der Waals surface area contributed by atoms with Crippen LogP contribution in [0.15, 0.2) is 36.5 Å². The second-order valence-corrected chi connectivity index (χ2v) is 6.01. The Kier molecular flexibility index (Phi) is 4.15. The van der Waals surface area contributed by atoms with Gasteiger partial charge in [-0.15, -0.1) is 0 Å². The van der Waals surface area contributed by atoms with Crippen molar-refractivity contribution in [2.45, 2.75) is 25.5 Å². The van der Waals surface area contributed by atoms with E-state index in [-0.39, 0.29) is 24.4 Å². The van der Waals surface area contributed by atoms with Crippen LogP contribution in [0.5, 0.6) is 0 Å². The first-order valence-electron chi connectivity index (χ1n) is 8.19. The third kappa shape index (κ3) is 3.36. The zero-order chi connectivity index (χ0) is 17.2. The van der Waals surface area contributed by atoms with Crippen LogP contribution in [0.25, 0.3) is 10.9 Å². The molecule has 1 aliphatic rings. The number of rotatable bonds is 4. The highest BCUT2D eigenvalue weighted by Crippen LogP contribution is 2.25. The van der Waals surface area contributed by atoms with Gasteiger partial charge in [0.2, 0.25) is 0 Å². The number of ether oxygens (including phenoxy) is 1. The molecule has 0 aliphatic carbocycles. The molecule has 25 heavy (non-hydrogen) atoms. The zero-order valence-electron chi connectivity index (χ0n) is 13.5. The molecule has 1 saturated heterocycles. The third-order valence-electron chi connectivity index (χ3n) is 4.21. The molecule has 1 aromatic carbocycles. The lowest BCUT2D eigenvalue weighted by Crippen LogP contribution is -2.24. The van der Waals surface area contributed by atoms with Crippen LogP contribution < -0.4 is 5.32 Å². The number of halogens is 1. The lowest BCUT2D eigenvalue weighted by atomic mass is 10.2. The van der Waals surface area contributed by atoms with E-state index in [9.17, 15) is 9.18 Å². The fourth-order valence-corrected chi connectivity index (χ4v) is 2.94. The number of aromatic amines is 1. The predicted molar refractivity (Wildman–Crippen MR) is 89.4 cm³/mol. The molecule has 2 aromatic heterocycles. The fraction of sp³-hybridized carbons (Fsp3) is 0.278. The molecule has 128 valence electrons. The van der Waals surface area contributed by atoms with Crippen LogP contribution in [0.4, 0.5) is 4.39 Å². The minimum Gasteiger partial charge on any atom is -0.370 e. The highest BCUT2D eigenvalue weighted by atomic mass is 19.1. The quantitative estimate of drug-likeness (QED) is 0.765. The molecule has 0 radical (unpaired) electrons. The molecule has 1 unspecified atom stereocenters. The van der Waals surface area contributed by atoms with Crippen molar-refractivity contribution in [3.05, 3.63) is 59.6 Å². The van der Waals surface area contributed by atoms with Gasteiger partial charge in [0.1, 0.15) is 17.6 Å². The van der Waals surface area contributed by atoms with Gasteiger partial charge in [0.25, 0.3) is 5.91 Å². The van der Waals surface area contributed by atoms with Gasteiger partial charge in [-0.3, -0.25) is 4.79 Å². The predicted octanol–water partition coefficient (Wildman–Crippen LogP) is 2.88. The molecule has 0 saturated carbocycles. The maximum Gasteiger partial charge on any atom is 0.268 e. The molecule has 4 rings (SSSR count). The molecule has 1 atom stereocenters. The number of nitrogens with zero attached hydrogens (tertiary/aromatic N) is 2. The van der Waals surface area contributed by atoms with Gasteiger partial charge < -0.3 is 15.0 Å². The van der Waals surface area contributed by atoms with Crippen molar-refractivity contribution >= 4 is 16.8 Å². The second kappa shape index (κ2) is 6.60. The van der Waals surface area contributed by atoms with E-state index < -0.39 is 0 Å². The first kappa shape index (κ1) is 15.7. The summed E-state index contributed by atoms with van der Waals surface area (Å²) >= 11 is 0. The van der Waals surface area contributed by atoms with Gasteiger partial charge in [0.05, 0.1) is 12.2 Å². The molecule has 1 amide bonds. The molecule has 0 bridgehead atoms. The fourth-order valence-electron chi connectivity index (χ4n) is 2.94. The van der Waals surface area contributed by atoms with Crippen LogP contribution in [-0.4, -0.2) is 27.5 Å². The number of benzene rings is 1. The number of hydrogen-bond acceptors (Lipinski definition) is 4. The Morgan fingerprint density at radius 2 is 2.28 bits per heavy atom. The number of carbonyl (C=O) groups is 1. The van der Waals surface area contributed by atoms with E-state index in [1.165, 1.54) is 12.1 Å². The van der Waals surface area contributed by atoms with E-state index in [4.69, 9.17) is 4.74 Å². The zero-order valence-corrected chi connectivity index (χ0v) is 13.5. The van der Waals surface area contributed by atoms with Crippen molar-refractivity contribution in [2.75, 3.05) is 6.61 Å². The molecule has 3 aromatic rings. The highest BCUT2D eigenvalue weighted by molar-refractivity contribution is 5.97. The highest BCUT2D eigenvalue weighted by Gasteiger charge is 2.20. The first-order chi connectivity index (χ1) is 12.2. The summed E-state index contributed by atoms with van der Waals surface area (Å²) in [6, 6.07) is 7.75. The second-order valence-electron chi connectivity index (χ2n) is 6.01.